The minimum Gasteiger partial charge on any atom is -0.389 e. The van der Waals surface area contributed by atoms with Crippen molar-refractivity contribution in [3.8, 4) is 0 Å². The Kier molecular flexibility index (Phi) is 4.91. The summed E-state index contributed by atoms with van der Waals surface area (Å²) in [6.07, 6.45) is -2.22. The molecule has 1 aromatic rings. The highest BCUT2D eigenvalue weighted by atomic mass is 127. The highest BCUT2D eigenvalue weighted by Crippen LogP contribution is 2.25. The zero-order valence-electron chi connectivity index (χ0n) is 8.24. The van der Waals surface area contributed by atoms with Gasteiger partial charge in [0.1, 0.15) is 11.9 Å². The van der Waals surface area contributed by atoms with Crippen molar-refractivity contribution in [2.24, 2.45) is 0 Å². The molecule has 84 valence electrons. The molecule has 0 spiro atoms. The lowest BCUT2D eigenvalue weighted by molar-refractivity contribution is 0.0176. The van der Waals surface area contributed by atoms with Crippen LogP contribution in [0.4, 0.5) is 4.39 Å². The Morgan fingerprint density at radius 1 is 1.47 bits per heavy atom. The molecule has 0 aliphatic carbocycles. The van der Waals surface area contributed by atoms with Gasteiger partial charge in [-0.3, -0.25) is 0 Å². The second kappa shape index (κ2) is 5.74. The van der Waals surface area contributed by atoms with Crippen molar-refractivity contribution < 1.29 is 14.6 Å². The van der Waals surface area contributed by atoms with Crippen molar-refractivity contribution in [1.29, 1.82) is 0 Å². The van der Waals surface area contributed by atoms with Gasteiger partial charge in [0.25, 0.3) is 0 Å². The maximum absolute atomic E-state index is 13.4. The van der Waals surface area contributed by atoms with Crippen LogP contribution in [0.3, 0.4) is 0 Å². The van der Waals surface area contributed by atoms with Crippen LogP contribution in [-0.2, 0) is 0 Å². The fourth-order valence-corrected chi connectivity index (χ4v) is 2.09. The fraction of sp³-hybridized carbons (Fsp3) is 0.400. The molecular weight excluding hydrogens is 312 g/mol. The molecule has 1 rings (SSSR count). The van der Waals surface area contributed by atoms with Gasteiger partial charge in [-0.15, -0.1) is 0 Å². The first kappa shape index (κ1) is 12.8. The number of nitrogens with one attached hydrogen (secondary N) is 1. The van der Waals surface area contributed by atoms with Gasteiger partial charge >= 0.3 is 0 Å². The van der Waals surface area contributed by atoms with E-state index in [1.165, 1.54) is 6.07 Å². The minimum absolute atomic E-state index is 0.154. The van der Waals surface area contributed by atoms with E-state index in [0.717, 1.165) is 0 Å². The quantitative estimate of drug-likeness (QED) is 0.725. The average molecular weight is 325 g/mol. The van der Waals surface area contributed by atoms with Crippen LogP contribution in [-0.4, -0.2) is 29.9 Å². The molecule has 3 N–H and O–H groups in total. The maximum Gasteiger partial charge on any atom is 0.130 e. The monoisotopic (exact) mass is 325 g/mol. The lowest BCUT2D eigenvalue weighted by Crippen LogP contribution is -2.30. The molecule has 0 radical (unpaired) electrons. The van der Waals surface area contributed by atoms with Gasteiger partial charge < -0.3 is 15.5 Å². The molecule has 2 atom stereocenters. The van der Waals surface area contributed by atoms with Crippen molar-refractivity contribution in [2.45, 2.75) is 12.2 Å². The first-order valence-corrected chi connectivity index (χ1v) is 5.60. The Balaban J connectivity index is 2.94. The maximum atomic E-state index is 13.4. The summed E-state index contributed by atoms with van der Waals surface area (Å²) in [5, 5.41) is 22.0. The van der Waals surface area contributed by atoms with Crippen LogP contribution in [0, 0.1) is 9.39 Å². The van der Waals surface area contributed by atoms with Crippen molar-refractivity contribution in [1.82, 2.24) is 5.32 Å². The molecule has 1 aromatic carbocycles. The SMILES string of the molecule is CNCC(O)C(O)c1c(F)cccc1I. The third kappa shape index (κ3) is 3.10. The van der Waals surface area contributed by atoms with Crippen molar-refractivity contribution >= 4 is 22.6 Å². The van der Waals surface area contributed by atoms with Crippen LogP contribution in [0.25, 0.3) is 0 Å². The van der Waals surface area contributed by atoms with E-state index in [0.29, 0.717) is 3.57 Å². The largest absolute Gasteiger partial charge is 0.389 e. The van der Waals surface area contributed by atoms with Gasteiger partial charge in [0.2, 0.25) is 0 Å². The van der Waals surface area contributed by atoms with Crippen molar-refractivity contribution in [3.63, 3.8) is 0 Å². The molecule has 3 nitrogen and oxygen atoms in total. The Morgan fingerprint density at radius 2 is 2.13 bits per heavy atom. The Labute approximate surface area is 101 Å². The Bertz CT molecular complexity index is 315. The molecule has 0 fully saturated rings. The molecular formula is C10H13FINO2. The second-order valence-electron chi connectivity index (χ2n) is 3.21. The molecule has 0 saturated carbocycles. The van der Waals surface area contributed by atoms with Crippen molar-refractivity contribution in [2.75, 3.05) is 13.6 Å². The number of halogens is 2. The minimum atomic E-state index is -1.20. The lowest BCUT2D eigenvalue weighted by atomic mass is 10.0. The van der Waals surface area contributed by atoms with E-state index in [1.54, 1.807) is 19.2 Å². The number of aliphatic hydroxyl groups is 2. The number of likely N-dealkylation sites (N-methyl/N-ethyl adjacent to an activating group) is 1. The molecule has 0 saturated heterocycles. The van der Waals surface area contributed by atoms with Crippen LogP contribution < -0.4 is 5.32 Å². The van der Waals surface area contributed by atoms with Crippen molar-refractivity contribution in [3.05, 3.63) is 33.1 Å². The number of hydrogen-bond acceptors (Lipinski definition) is 3. The van der Waals surface area contributed by atoms with Crippen LogP contribution in [0.15, 0.2) is 18.2 Å². The second-order valence-corrected chi connectivity index (χ2v) is 4.37. The summed E-state index contributed by atoms with van der Waals surface area (Å²) < 4.78 is 14.0. The highest BCUT2D eigenvalue weighted by molar-refractivity contribution is 14.1. The summed E-state index contributed by atoms with van der Waals surface area (Å²) in [7, 11) is 1.66. The van der Waals surface area contributed by atoms with E-state index in [2.05, 4.69) is 5.32 Å². The molecule has 0 amide bonds. The number of aliphatic hydroxyl groups excluding tert-OH is 2. The molecule has 2 unspecified atom stereocenters. The molecule has 5 heteroatoms. The number of benzene rings is 1. The first-order chi connectivity index (χ1) is 7.07. The van der Waals surface area contributed by atoms with E-state index in [4.69, 9.17) is 0 Å². The van der Waals surface area contributed by atoms with Gasteiger partial charge in [-0.1, -0.05) is 6.07 Å². The van der Waals surface area contributed by atoms with Gasteiger partial charge in [-0.25, -0.2) is 4.39 Å². The van der Waals surface area contributed by atoms with E-state index in [1.807, 2.05) is 22.6 Å². The predicted octanol–water partition coefficient (Wildman–Crippen LogP) is 1.04. The van der Waals surface area contributed by atoms with Crippen LogP contribution in [0.5, 0.6) is 0 Å². The zero-order chi connectivity index (χ0) is 11.4. The summed E-state index contributed by atoms with van der Waals surface area (Å²) in [6.45, 7) is 0.214. The van der Waals surface area contributed by atoms with Crippen LogP contribution in [0.2, 0.25) is 0 Å². The van der Waals surface area contributed by atoms with E-state index in [9.17, 15) is 14.6 Å². The highest BCUT2D eigenvalue weighted by Gasteiger charge is 2.22. The Morgan fingerprint density at radius 3 is 2.67 bits per heavy atom. The normalized spacial score (nSPS) is 15.0. The van der Waals surface area contributed by atoms with E-state index < -0.39 is 18.0 Å². The molecule has 15 heavy (non-hydrogen) atoms. The van der Waals surface area contributed by atoms with E-state index in [-0.39, 0.29) is 12.1 Å². The summed E-state index contributed by atoms with van der Waals surface area (Å²) in [4.78, 5) is 0. The molecule has 0 aliphatic heterocycles. The standard InChI is InChI=1S/C10H13FINO2/c1-13-5-8(14)10(15)9-6(11)3-2-4-7(9)12/h2-4,8,10,13-15H,5H2,1H3. The van der Waals surface area contributed by atoms with Crippen LogP contribution >= 0.6 is 22.6 Å². The van der Waals surface area contributed by atoms with E-state index >= 15 is 0 Å². The zero-order valence-corrected chi connectivity index (χ0v) is 10.4. The summed E-state index contributed by atoms with van der Waals surface area (Å²) in [5.74, 6) is -0.496. The smallest absolute Gasteiger partial charge is 0.130 e. The first-order valence-electron chi connectivity index (χ1n) is 4.52. The van der Waals surface area contributed by atoms with Gasteiger partial charge in [0, 0.05) is 15.7 Å². The Hall–Kier alpha value is -0.240. The summed E-state index contributed by atoms with van der Waals surface area (Å²) >= 11 is 1.93. The third-order valence-corrected chi connectivity index (χ3v) is 3.01. The lowest BCUT2D eigenvalue weighted by Gasteiger charge is -2.19. The van der Waals surface area contributed by atoms with Gasteiger partial charge in [-0.2, -0.15) is 0 Å². The topological polar surface area (TPSA) is 52.5 Å². The molecule has 0 bridgehead atoms. The predicted molar refractivity (Wildman–Crippen MR) is 64.0 cm³/mol. The number of rotatable bonds is 4. The molecule has 0 heterocycles. The molecule has 0 aromatic heterocycles. The molecule has 0 aliphatic rings. The van der Waals surface area contributed by atoms with Crippen LogP contribution in [0.1, 0.15) is 11.7 Å². The summed E-state index contributed by atoms with van der Waals surface area (Å²) in [6, 6.07) is 4.53. The van der Waals surface area contributed by atoms with Gasteiger partial charge in [0.05, 0.1) is 6.10 Å². The van der Waals surface area contributed by atoms with Gasteiger partial charge in [0.15, 0.2) is 0 Å². The van der Waals surface area contributed by atoms with Gasteiger partial charge in [-0.05, 0) is 41.8 Å². The third-order valence-electron chi connectivity index (χ3n) is 2.07. The summed E-state index contributed by atoms with van der Waals surface area (Å²) in [5.41, 5.74) is 0.154. The number of hydrogen-bond donors (Lipinski definition) is 3. The average Bonchev–Trinajstić information content (AvgIpc) is 2.17. The fourth-order valence-electron chi connectivity index (χ4n) is 1.31.